The van der Waals surface area contributed by atoms with E-state index < -0.39 is 0 Å². The van der Waals surface area contributed by atoms with Crippen LogP contribution in [-0.2, 0) is 0 Å². The minimum atomic E-state index is -0.237. The lowest BCUT2D eigenvalue weighted by Gasteiger charge is -2.41. The summed E-state index contributed by atoms with van der Waals surface area (Å²) in [6, 6.07) is 10.4. The monoisotopic (exact) mass is 378 g/mol. The summed E-state index contributed by atoms with van der Waals surface area (Å²) in [4.78, 5) is 4.74. The van der Waals surface area contributed by atoms with E-state index in [0.29, 0.717) is 11.8 Å². The third kappa shape index (κ3) is 2.92. The Kier molecular flexibility index (Phi) is 5.18. The lowest BCUT2D eigenvalue weighted by molar-refractivity contribution is 0.163. The second-order valence-electron chi connectivity index (χ2n) is 8.21. The number of hydrogen-bond donors (Lipinski definition) is 0. The maximum Gasteiger partial charge on any atom is 0.128 e. The maximum absolute atomic E-state index is 15.0. The molecule has 0 saturated carbocycles. The van der Waals surface area contributed by atoms with Crippen LogP contribution < -0.4 is 0 Å². The van der Waals surface area contributed by atoms with Gasteiger partial charge in [0, 0.05) is 17.8 Å². The molecule has 4 rings (SSSR count). The minimum absolute atomic E-state index is 0.0150. The Morgan fingerprint density at radius 1 is 1.07 bits per heavy atom. The van der Waals surface area contributed by atoms with Crippen molar-refractivity contribution in [3.8, 4) is 0 Å². The summed E-state index contributed by atoms with van der Waals surface area (Å²) in [6.07, 6.45) is 12.3. The molecule has 3 heteroatoms. The molecule has 0 spiro atoms. The van der Waals surface area contributed by atoms with Gasteiger partial charge in [-0.25, -0.2) is 4.39 Å². The van der Waals surface area contributed by atoms with Gasteiger partial charge < -0.3 is 9.80 Å². The molecular weight excluding hydrogens is 347 g/mol. The highest BCUT2D eigenvalue weighted by molar-refractivity contribution is 5.38. The normalized spacial score (nSPS) is 32.0. The third-order valence-corrected chi connectivity index (χ3v) is 6.67. The SMILES string of the molecule is CCC1=C(N2C(C)C3C(F)=CC=CN3C2c2ccccc2)C(CC)C(C)C=C1. The predicted molar refractivity (Wildman–Crippen MR) is 114 cm³/mol. The summed E-state index contributed by atoms with van der Waals surface area (Å²) in [5, 5.41) is 0. The van der Waals surface area contributed by atoms with Crippen molar-refractivity contribution >= 4 is 0 Å². The zero-order valence-electron chi connectivity index (χ0n) is 17.3. The Bertz CT molecular complexity index is 835. The molecule has 1 fully saturated rings. The molecule has 1 aromatic carbocycles. The van der Waals surface area contributed by atoms with Crippen molar-refractivity contribution in [1.29, 1.82) is 0 Å². The maximum atomic E-state index is 15.0. The van der Waals surface area contributed by atoms with Gasteiger partial charge in [0.15, 0.2) is 0 Å². The van der Waals surface area contributed by atoms with Gasteiger partial charge >= 0.3 is 0 Å². The van der Waals surface area contributed by atoms with Crippen LogP contribution in [0.3, 0.4) is 0 Å². The van der Waals surface area contributed by atoms with E-state index in [1.165, 1.54) is 16.8 Å². The molecule has 0 amide bonds. The molecular formula is C25H31FN2. The van der Waals surface area contributed by atoms with Crippen LogP contribution in [0.2, 0.25) is 0 Å². The van der Waals surface area contributed by atoms with Gasteiger partial charge in [-0.2, -0.15) is 0 Å². The van der Waals surface area contributed by atoms with E-state index in [1.807, 2.05) is 12.1 Å². The lowest BCUT2D eigenvalue weighted by atomic mass is 9.80. The van der Waals surface area contributed by atoms with Crippen molar-refractivity contribution in [2.24, 2.45) is 11.8 Å². The fraction of sp³-hybridized carbons (Fsp3) is 0.440. The molecule has 1 aromatic rings. The summed E-state index contributed by atoms with van der Waals surface area (Å²) < 4.78 is 15.0. The second kappa shape index (κ2) is 7.62. The van der Waals surface area contributed by atoms with Gasteiger partial charge in [0.1, 0.15) is 18.0 Å². The first-order valence-corrected chi connectivity index (χ1v) is 10.6. The van der Waals surface area contributed by atoms with E-state index in [4.69, 9.17) is 0 Å². The standard InChI is InChI=1S/C25H31FN2/c1-5-19-15-14-17(3)21(6-2)24(19)28-18(4)23-22(26)13-10-16-27(23)25(28)20-11-8-7-9-12-20/h7-18,21,23,25H,5-6H2,1-4H3. The molecule has 0 N–H and O–H groups in total. The van der Waals surface area contributed by atoms with E-state index >= 15 is 0 Å². The topological polar surface area (TPSA) is 6.48 Å². The molecule has 0 aromatic heterocycles. The zero-order chi connectivity index (χ0) is 19.8. The van der Waals surface area contributed by atoms with Crippen molar-refractivity contribution < 1.29 is 4.39 Å². The molecule has 1 aliphatic carbocycles. The number of allylic oxidation sites excluding steroid dienone is 6. The van der Waals surface area contributed by atoms with Gasteiger partial charge in [0.2, 0.25) is 0 Å². The Hall–Kier alpha value is -2.29. The first-order chi connectivity index (χ1) is 13.6. The summed E-state index contributed by atoms with van der Waals surface area (Å²) in [6.45, 7) is 9.00. The molecule has 1 saturated heterocycles. The number of nitrogens with zero attached hydrogens (tertiary/aromatic N) is 2. The Morgan fingerprint density at radius 3 is 2.50 bits per heavy atom. The van der Waals surface area contributed by atoms with Crippen molar-refractivity contribution in [2.75, 3.05) is 0 Å². The smallest absolute Gasteiger partial charge is 0.128 e. The van der Waals surface area contributed by atoms with Gasteiger partial charge in [-0.1, -0.05) is 63.3 Å². The number of rotatable bonds is 4. The van der Waals surface area contributed by atoms with Crippen molar-refractivity contribution in [1.82, 2.24) is 9.80 Å². The van der Waals surface area contributed by atoms with Gasteiger partial charge in [-0.3, -0.25) is 0 Å². The van der Waals surface area contributed by atoms with Gasteiger partial charge in [-0.15, -0.1) is 0 Å². The van der Waals surface area contributed by atoms with Crippen LogP contribution in [0.15, 0.2) is 77.9 Å². The van der Waals surface area contributed by atoms with Crippen LogP contribution in [0.25, 0.3) is 0 Å². The van der Waals surface area contributed by atoms with E-state index in [-0.39, 0.29) is 24.1 Å². The van der Waals surface area contributed by atoms with Gasteiger partial charge in [0.05, 0.1) is 6.04 Å². The van der Waals surface area contributed by atoms with E-state index in [1.54, 1.807) is 6.08 Å². The summed E-state index contributed by atoms with van der Waals surface area (Å²) in [5.74, 6) is 0.919. The zero-order valence-corrected chi connectivity index (χ0v) is 17.3. The predicted octanol–water partition coefficient (Wildman–Crippen LogP) is 6.34. The fourth-order valence-electron chi connectivity index (χ4n) is 5.30. The van der Waals surface area contributed by atoms with E-state index in [0.717, 1.165) is 12.8 Å². The molecule has 2 heterocycles. The summed E-state index contributed by atoms with van der Waals surface area (Å²) >= 11 is 0. The molecule has 0 radical (unpaired) electrons. The molecule has 148 valence electrons. The minimum Gasteiger partial charge on any atom is -0.345 e. The molecule has 2 nitrogen and oxygen atoms in total. The fourth-order valence-corrected chi connectivity index (χ4v) is 5.30. The average Bonchev–Trinajstić information content (AvgIpc) is 3.01. The highest BCUT2D eigenvalue weighted by Crippen LogP contribution is 2.49. The van der Waals surface area contributed by atoms with Crippen LogP contribution in [0.5, 0.6) is 0 Å². The molecule has 3 aliphatic rings. The van der Waals surface area contributed by atoms with Crippen molar-refractivity contribution in [2.45, 2.75) is 58.8 Å². The van der Waals surface area contributed by atoms with E-state index in [2.05, 4.69) is 80.1 Å². The molecule has 28 heavy (non-hydrogen) atoms. The van der Waals surface area contributed by atoms with Crippen LogP contribution in [-0.4, -0.2) is 21.9 Å². The van der Waals surface area contributed by atoms with Crippen molar-refractivity contribution in [3.05, 3.63) is 83.5 Å². The summed E-state index contributed by atoms with van der Waals surface area (Å²) in [7, 11) is 0. The van der Waals surface area contributed by atoms with E-state index in [9.17, 15) is 4.39 Å². The molecule has 0 bridgehead atoms. The van der Waals surface area contributed by atoms with Crippen LogP contribution in [0.4, 0.5) is 4.39 Å². The first kappa shape index (κ1) is 19.0. The third-order valence-electron chi connectivity index (χ3n) is 6.67. The second-order valence-corrected chi connectivity index (χ2v) is 8.21. The molecule has 2 aliphatic heterocycles. The number of fused-ring (bicyclic) bond motifs is 1. The Morgan fingerprint density at radius 2 is 1.82 bits per heavy atom. The largest absolute Gasteiger partial charge is 0.345 e. The highest BCUT2D eigenvalue weighted by Gasteiger charge is 2.49. The van der Waals surface area contributed by atoms with Crippen LogP contribution in [0.1, 0.15) is 52.3 Å². The lowest BCUT2D eigenvalue weighted by Crippen LogP contribution is -2.38. The summed E-state index contributed by atoms with van der Waals surface area (Å²) in [5.41, 5.74) is 4.03. The number of halogens is 1. The Balaban J connectivity index is 1.89. The van der Waals surface area contributed by atoms with Crippen LogP contribution in [0, 0.1) is 11.8 Å². The highest BCUT2D eigenvalue weighted by atomic mass is 19.1. The number of benzene rings is 1. The first-order valence-electron chi connectivity index (χ1n) is 10.6. The van der Waals surface area contributed by atoms with Gasteiger partial charge in [-0.05, 0) is 49.0 Å². The molecule has 5 unspecified atom stereocenters. The van der Waals surface area contributed by atoms with Gasteiger partial charge in [0.25, 0.3) is 0 Å². The quantitative estimate of drug-likeness (QED) is 0.603. The van der Waals surface area contributed by atoms with Crippen LogP contribution >= 0.6 is 0 Å². The Labute approximate surface area is 168 Å². The molecule has 5 atom stereocenters. The van der Waals surface area contributed by atoms with Crippen molar-refractivity contribution in [3.63, 3.8) is 0 Å². The average molecular weight is 379 g/mol. The number of hydrogen-bond acceptors (Lipinski definition) is 2.